The second-order valence-electron chi connectivity index (χ2n) is 3.68. The van der Waals surface area contributed by atoms with Gasteiger partial charge in [0.2, 0.25) is 0 Å². The summed E-state index contributed by atoms with van der Waals surface area (Å²) in [5.41, 5.74) is 0. The molecule has 2 heterocycles. The fourth-order valence-corrected chi connectivity index (χ4v) is 1.90. The van der Waals surface area contributed by atoms with Crippen LogP contribution >= 0.6 is 15.9 Å². The fourth-order valence-electron chi connectivity index (χ4n) is 1.48. The summed E-state index contributed by atoms with van der Waals surface area (Å²) in [5, 5.41) is 3.21. The smallest absolute Gasteiger partial charge is 0.132 e. The average Bonchev–Trinajstić information content (AvgIpc) is 2.79. The number of rotatable bonds is 5. The van der Waals surface area contributed by atoms with Crippen molar-refractivity contribution >= 4 is 21.7 Å². The summed E-state index contributed by atoms with van der Waals surface area (Å²) >= 11 is 3.39. The molecule has 0 aliphatic carbocycles. The third-order valence-electron chi connectivity index (χ3n) is 2.24. The van der Waals surface area contributed by atoms with Crippen molar-refractivity contribution in [1.29, 1.82) is 0 Å². The van der Waals surface area contributed by atoms with Crippen molar-refractivity contribution in [3.8, 4) is 0 Å². The zero-order valence-corrected chi connectivity index (χ0v) is 11.2. The van der Waals surface area contributed by atoms with E-state index in [-0.39, 0.29) is 0 Å². The molecule has 0 saturated heterocycles. The van der Waals surface area contributed by atoms with Crippen molar-refractivity contribution in [2.45, 2.75) is 26.3 Å². The van der Waals surface area contributed by atoms with Crippen LogP contribution in [-0.4, -0.2) is 9.97 Å². The molecule has 17 heavy (non-hydrogen) atoms. The van der Waals surface area contributed by atoms with Crippen molar-refractivity contribution in [2.24, 2.45) is 0 Å². The van der Waals surface area contributed by atoms with Gasteiger partial charge in [0.15, 0.2) is 0 Å². The fraction of sp³-hybridized carbons (Fsp3) is 0.333. The van der Waals surface area contributed by atoms with E-state index < -0.39 is 0 Å². The normalized spacial score (nSPS) is 10.5. The molecule has 1 N–H and O–H groups in total. The van der Waals surface area contributed by atoms with Crippen LogP contribution in [0.2, 0.25) is 0 Å². The Labute approximate surface area is 109 Å². The number of furan rings is 1. The Morgan fingerprint density at radius 3 is 3.00 bits per heavy atom. The van der Waals surface area contributed by atoms with Gasteiger partial charge in [-0.25, -0.2) is 9.97 Å². The highest BCUT2D eigenvalue weighted by Gasteiger charge is 2.03. The number of nitrogens with one attached hydrogen (secondary N) is 1. The standard InChI is InChI=1S/C12H14BrN3O/c1-2-4-11-15-10(13)7-12(16-11)14-8-9-5-3-6-17-9/h3,5-7H,2,4,8H2,1H3,(H,14,15,16). The van der Waals surface area contributed by atoms with Gasteiger partial charge in [0.1, 0.15) is 22.0 Å². The first kappa shape index (κ1) is 12.1. The molecule has 5 heteroatoms. The molecule has 0 aromatic carbocycles. The van der Waals surface area contributed by atoms with Gasteiger partial charge in [0.25, 0.3) is 0 Å². The maximum Gasteiger partial charge on any atom is 0.132 e. The van der Waals surface area contributed by atoms with E-state index in [1.165, 1.54) is 0 Å². The SMILES string of the molecule is CCCc1nc(Br)cc(NCc2ccco2)n1. The van der Waals surface area contributed by atoms with Crippen LogP contribution in [0.15, 0.2) is 33.5 Å². The van der Waals surface area contributed by atoms with Crippen LogP contribution in [0.4, 0.5) is 5.82 Å². The van der Waals surface area contributed by atoms with E-state index in [2.05, 4.69) is 38.1 Å². The lowest BCUT2D eigenvalue weighted by atomic mass is 10.3. The molecule has 0 amide bonds. The van der Waals surface area contributed by atoms with Gasteiger partial charge in [0, 0.05) is 12.5 Å². The molecule has 0 fully saturated rings. The summed E-state index contributed by atoms with van der Waals surface area (Å²) in [6, 6.07) is 5.66. The molecule has 0 aliphatic heterocycles. The Morgan fingerprint density at radius 2 is 2.29 bits per heavy atom. The van der Waals surface area contributed by atoms with Crippen molar-refractivity contribution in [2.75, 3.05) is 5.32 Å². The third kappa shape index (κ3) is 3.56. The van der Waals surface area contributed by atoms with E-state index in [1.807, 2.05) is 18.2 Å². The molecule has 2 aromatic rings. The van der Waals surface area contributed by atoms with E-state index in [1.54, 1.807) is 6.26 Å². The lowest BCUT2D eigenvalue weighted by Gasteiger charge is -2.06. The summed E-state index contributed by atoms with van der Waals surface area (Å²) in [6.45, 7) is 2.74. The largest absolute Gasteiger partial charge is 0.467 e. The van der Waals surface area contributed by atoms with Gasteiger partial charge < -0.3 is 9.73 Å². The molecule has 0 unspecified atom stereocenters. The topological polar surface area (TPSA) is 51.0 Å². The number of anilines is 1. The summed E-state index contributed by atoms with van der Waals surface area (Å²) < 4.78 is 6.05. The van der Waals surface area contributed by atoms with Crippen molar-refractivity contribution in [3.63, 3.8) is 0 Å². The van der Waals surface area contributed by atoms with Gasteiger partial charge in [-0.2, -0.15) is 0 Å². The van der Waals surface area contributed by atoms with Crippen LogP contribution in [0.5, 0.6) is 0 Å². The Kier molecular flexibility index (Phi) is 4.14. The summed E-state index contributed by atoms with van der Waals surface area (Å²) in [5.74, 6) is 2.55. The van der Waals surface area contributed by atoms with Gasteiger partial charge in [0.05, 0.1) is 12.8 Å². The van der Waals surface area contributed by atoms with E-state index in [9.17, 15) is 0 Å². The van der Waals surface area contributed by atoms with Crippen molar-refractivity contribution in [1.82, 2.24) is 9.97 Å². The minimum atomic E-state index is 0.627. The Balaban J connectivity index is 2.04. The van der Waals surface area contributed by atoms with Gasteiger partial charge >= 0.3 is 0 Å². The lowest BCUT2D eigenvalue weighted by Crippen LogP contribution is -2.04. The highest BCUT2D eigenvalue weighted by molar-refractivity contribution is 9.10. The predicted octanol–water partition coefficient (Wildman–Crippen LogP) is 3.40. The number of hydrogen-bond acceptors (Lipinski definition) is 4. The number of hydrogen-bond donors (Lipinski definition) is 1. The van der Waals surface area contributed by atoms with Crippen LogP contribution in [0, 0.1) is 0 Å². The molecule has 0 spiro atoms. The number of halogens is 1. The quantitative estimate of drug-likeness (QED) is 0.859. The zero-order chi connectivity index (χ0) is 12.1. The summed E-state index contributed by atoms with van der Waals surface area (Å²) in [7, 11) is 0. The van der Waals surface area contributed by atoms with E-state index in [4.69, 9.17) is 4.42 Å². The molecular formula is C12H14BrN3O. The number of aromatic nitrogens is 2. The maximum absolute atomic E-state index is 5.25. The molecule has 2 aromatic heterocycles. The molecule has 0 bridgehead atoms. The minimum Gasteiger partial charge on any atom is -0.467 e. The summed E-state index contributed by atoms with van der Waals surface area (Å²) in [4.78, 5) is 8.74. The molecule has 4 nitrogen and oxygen atoms in total. The first-order valence-electron chi connectivity index (χ1n) is 5.57. The molecule has 0 aliphatic rings. The highest BCUT2D eigenvalue weighted by atomic mass is 79.9. The second kappa shape index (κ2) is 5.82. The van der Waals surface area contributed by atoms with Gasteiger partial charge in [-0.3, -0.25) is 0 Å². The average molecular weight is 296 g/mol. The van der Waals surface area contributed by atoms with E-state index in [0.29, 0.717) is 6.54 Å². The van der Waals surface area contributed by atoms with Gasteiger partial charge in [-0.1, -0.05) is 6.92 Å². The van der Waals surface area contributed by atoms with Gasteiger partial charge in [-0.15, -0.1) is 0 Å². The van der Waals surface area contributed by atoms with E-state index in [0.717, 1.165) is 34.8 Å². The summed E-state index contributed by atoms with van der Waals surface area (Å²) in [6.07, 6.45) is 3.58. The zero-order valence-electron chi connectivity index (χ0n) is 9.61. The molecule has 0 atom stereocenters. The molecular weight excluding hydrogens is 282 g/mol. The van der Waals surface area contributed by atoms with E-state index >= 15 is 0 Å². The first-order valence-corrected chi connectivity index (χ1v) is 6.37. The Morgan fingerprint density at radius 1 is 1.41 bits per heavy atom. The van der Waals surface area contributed by atoms with Crippen LogP contribution in [0.25, 0.3) is 0 Å². The third-order valence-corrected chi connectivity index (χ3v) is 2.64. The van der Waals surface area contributed by atoms with Crippen molar-refractivity contribution in [3.05, 3.63) is 40.7 Å². The van der Waals surface area contributed by atoms with Crippen molar-refractivity contribution < 1.29 is 4.42 Å². The molecule has 90 valence electrons. The lowest BCUT2D eigenvalue weighted by molar-refractivity contribution is 0.517. The minimum absolute atomic E-state index is 0.627. The predicted molar refractivity (Wildman–Crippen MR) is 69.8 cm³/mol. The number of nitrogens with zero attached hydrogens (tertiary/aromatic N) is 2. The van der Waals surface area contributed by atoms with Crippen LogP contribution in [0.3, 0.4) is 0 Å². The Hall–Kier alpha value is -1.36. The van der Waals surface area contributed by atoms with Crippen LogP contribution < -0.4 is 5.32 Å². The monoisotopic (exact) mass is 295 g/mol. The number of aryl methyl sites for hydroxylation is 1. The van der Waals surface area contributed by atoms with Gasteiger partial charge in [-0.05, 0) is 34.5 Å². The highest BCUT2D eigenvalue weighted by Crippen LogP contribution is 2.14. The van der Waals surface area contributed by atoms with Crippen LogP contribution in [-0.2, 0) is 13.0 Å². The molecule has 0 radical (unpaired) electrons. The maximum atomic E-state index is 5.25. The first-order chi connectivity index (χ1) is 8.28. The molecule has 0 saturated carbocycles. The second-order valence-corrected chi connectivity index (χ2v) is 4.49. The van der Waals surface area contributed by atoms with Crippen LogP contribution in [0.1, 0.15) is 24.9 Å². The molecule has 2 rings (SSSR count). The Bertz CT molecular complexity index is 471.